The third-order valence-electron chi connectivity index (χ3n) is 3.06. The van der Waals surface area contributed by atoms with Crippen molar-refractivity contribution in [2.75, 3.05) is 5.73 Å². The molecule has 0 fully saturated rings. The average Bonchev–Trinajstić information content (AvgIpc) is 3.25. The molecule has 0 saturated heterocycles. The zero-order valence-corrected chi connectivity index (χ0v) is 14.7. The molecule has 0 amide bonds. The van der Waals surface area contributed by atoms with Crippen molar-refractivity contribution >= 4 is 40.9 Å². The van der Waals surface area contributed by atoms with Crippen molar-refractivity contribution in [3.63, 3.8) is 0 Å². The van der Waals surface area contributed by atoms with Crippen molar-refractivity contribution in [2.24, 2.45) is 0 Å². The Balaban J connectivity index is 0.000000141. The van der Waals surface area contributed by atoms with Crippen molar-refractivity contribution in [1.82, 2.24) is 17.5 Å². The fourth-order valence-electron chi connectivity index (χ4n) is 1.94. The van der Waals surface area contributed by atoms with Gasteiger partial charge in [-0.2, -0.15) is 17.5 Å². The average molecular weight is 374 g/mol. The van der Waals surface area contributed by atoms with Gasteiger partial charge in [-0.15, -0.1) is 0 Å². The van der Waals surface area contributed by atoms with Crippen LogP contribution in [0.15, 0.2) is 60.7 Å². The Hall–Kier alpha value is -2.35. The molecule has 2 heterocycles. The monoisotopic (exact) mass is 373 g/mol. The van der Waals surface area contributed by atoms with E-state index in [0.29, 0.717) is 11.0 Å². The quantitative estimate of drug-likeness (QED) is 0.553. The van der Waals surface area contributed by atoms with E-state index >= 15 is 0 Å². The lowest BCUT2D eigenvalue weighted by atomic mass is 10.2. The minimum atomic E-state index is 0.478. The smallest absolute Gasteiger partial charge is 0.170 e. The lowest BCUT2D eigenvalue weighted by molar-refractivity contribution is 1.49. The number of halogens is 1. The Morgan fingerprint density at radius 1 is 0.667 bits per heavy atom. The molecule has 0 aliphatic carbocycles. The second kappa shape index (κ2) is 7.96. The van der Waals surface area contributed by atoms with Gasteiger partial charge in [0.2, 0.25) is 0 Å². The summed E-state index contributed by atoms with van der Waals surface area (Å²) in [5.74, 6) is 0.506. The highest BCUT2D eigenvalue weighted by Gasteiger charge is 2.06. The Morgan fingerprint density at radius 2 is 1.17 bits per heavy atom. The van der Waals surface area contributed by atoms with Crippen LogP contribution in [0.1, 0.15) is 0 Å². The summed E-state index contributed by atoms with van der Waals surface area (Å²) in [4.78, 5) is 0. The molecule has 0 aliphatic heterocycles. The Morgan fingerprint density at radius 3 is 1.62 bits per heavy atom. The highest BCUT2D eigenvalue weighted by atomic mass is 35.5. The van der Waals surface area contributed by atoms with Gasteiger partial charge in [-0.1, -0.05) is 72.3 Å². The van der Waals surface area contributed by atoms with Gasteiger partial charge in [0.1, 0.15) is 11.4 Å². The molecule has 0 saturated carbocycles. The van der Waals surface area contributed by atoms with Gasteiger partial charge in [-0.05, 0) is 0 Å². The molecule has 0 unspecified atom stereocenters. The first kappa shape index (κ1) is 16.5. The van der Waals surface area contributed by atoms with Crippen LogP contribution < -0.4 is 5.73 Å². The molecule has 120 valence electrons. The molecule has 2 aromatic carbocycles. The van der Waals surface area contributed by atoms with Gasteiger partial charge >= 0.3 is 0 Å². The molecule has 0 spiro atoms. The predicted molar refractivity (Wildman–Crippen MR) is 100 cm³/mol. The summed E-state index contributed by atoms with van der Waals surface area (Å²) in [7, 11) is 0. The molecule has 8 heteroatoms. The van der Waals surface area contributed by atoms with Crippen LogP contribution in [0.25, 0.3) is 22.5 Å². The molecule has 4 rings (SSSR count). The van der Waals surface area contributed by atoms with Crippen LogP contribution in [0.3, 0.4) is 0 Å². The zero-order chi connectivity index (χ0) is 16.8. The number of rotatable bonds is 2. The van der Waals surface area contributed by atoms with Crippen LogP contribution in [0, 0.1) is 0 Å². The lowest BCUT2D eigenvalue weighted by Crippen LogP contribution is -1.87. The minimum absolute atomic E-state index is 0.478. The number of aromatic nitrogens is 4. The van der Waals surface area contributed by atoms with Gasteiger partial charge in [0.25, 0.3) is 0 Å². The topological polar surface area (TPSA) is 77.6 Å². The van der Waals surface area contributed by atoms with Crippen LogP contribution in [0.2, 0.25) is 5.15 Å². The largest absolute Gasteiger partial charge is 0.381 e. The normalized spacial score (nSPS) is 10.0. The number of nitrogens with two attached hydrogens (primary N) is 1. The fourth-order valence-corrected chi connectivity index (χ4v) is 3.20. The van der Waals surface area contributed by atoms with E-state index in [1.807, 2.05) is 60.7 Å². The third-order valence-corrected chi connectivity index (χ3v) is 4.49. The molecule has 2 N–H and O–H groups in total. The van der Waals surface area contributed by atoms with E-state index in [1.54, 1.807) is 0 Å². The van der Waals surface area contributed by atoms with Gasteiger partial charge in [-0.3, -0.25) is 0 Å². The van der Waals surface area contributed by atoms with E-state index in [-0.39, 0.29) is 0 Å². The van der Waals surface area contributed by atoms with Gasteiger partial charge in [-0.25, -0.2) is 0 Å². The molecular formula is C16H12ClN5S2. The second-order valence-electron chi connectivity index (χ2n) is 4.63. The Bertz CT molecular complexity index is 817. The van der Waals surface area contributed by atoms with Gasteiger partial charge in [0, 0.05) is 11.1 Å². The van der Waals surface area contributed by atoms with Crippen LogP contribution in [0.5, 0.6) is 0 Å². The number of benzene rings is 2. The van der Waals surface area contributed by atoms with Crippen LogP contribution in [-0.2, 0) is 0 Å². The molecule has 0 atom stereocenters. The van der Waals surface area contributed by atoms with E-state index in [9.17, 15) is 0 Å². The van der Waals surface area contributed by atoms with Gasteiger partial charge < -0.3 is 5.73 Å². The predicted octanol–water partition coefficient (Wildman–Crippen LogP) is 4.65. The molecule has 0 bridgehead atoms. The molecule has 0 radical (unpaired) electrons. The van der Waals surface area contributed by atoms with E-state index in [0.717, 1.165) is 46.0 Å². The fraction of sp³-hybridized carbons (Fsp3) is 0. The first-order chi connectivity index (χ1) is 11.8. The second-order valence-corrected chi connectivity index (χ2v) is 6.05. The molecule has 5 nitrogen and oxygen atoms in total. The highest BCUT2D eigenvalue weighted by Crippen LogP contribution is 2.24. The Kier molecular flexibility index (Phi) is 5.47. The first-order valence-electron chi connectivity index (χ1n) is 6.92. The molecular weight excluding hydrogens is 362 g/mol. The van der Waals surface area contributed by atoms with E-state index < -0.39 is 0 Å². The maximum absolute atomic E-state index is 5.81. The van der Waals surface area contributed by atoms with Crippen molar-refractivity contribution in [1.29, 1.82) is 0 Å². The van der Waals surface area contributed by atoms with Gasteiger partial charge in [0.05, 0.1) is 23.5 Å². The first-order valence-corrected chi connectivity index (χ1v) is 8.76. The molecule has 0 aliphatic rings. The van der Waals surface area contributed by atoms with E-state index in [1.165, 1.54) is 0 Å². The SMILES string of the molecule is Clc1nsnc1-c1ccccc1.Nc1nsnc1-c1ccccc1. The zero-order valence-electron chi connectivity index (χ0n) is 12.3. The summed E-state index contributed by atoms with van der Waals surface area (Å²) in [6, 6.07) is 19.6. The Labute approximate surface area is 152 Å². The molecule has 2 aromatic heterocycles. The van der Waals surface area contributed by atoms with Crippen molar-refractivity contribution in [3.8, 4) is 22.5 Å². The maximum Gasteiger partial charge on any atom is 0.170 e. The summed E-state index contributed by atoms with van der Waals surface area (Å²) >= 11 is 8.08. The molecule has 24 heavy (non-hydrogen) atoms. The van der Waals surface area contributed by atoms with Crippen LogP contribution in [0.4, 0.5) is 5.82 Å². The van der Waals surface area contributed by atoms with Gasteiger partial charge in [0.15, 0.2) is 11.0 Å². The number of nitrogens with zero attached hydrogens (tertiary/aromatic N) is 4. The van der Waals surface area contributed by atoms with Crippen LogP contribution >= 0.6 is 35.1 Å². The van der Waals surface area contributed by atoms with Crippen molar-refractivity contribution < 1.29 is 0 Å². The third kappa shape index (κ3) is 3.94. The maximum atomic E-state index is 5.81. The van der Waals surface area contributed by atoms with Crippen molar-refractivity contribution in [3.05, 3.63) is 65.8 Å². The standard InChI is InChI=1S/C8H5ClN2S.C8H7N3S/c2*9-8-7(10-12-11-8)6-4-2-1-3-5-6/h1-5H;1-5H,(H2,9,11). The lowest BCUT2D eigenvalue weighted by Gasteiger charge is -1.94. The number of hydrogen-bond donors (Lipinski definition) is 1. The summed E-state index contributed by atoms with van der Waals surface area (Å²) in [6.07, 6.45) is 0. The number of nitrogen functional groups attached to an aromatic ring is 1. The summed E-state index contributed by atoms with van der Waals surface area (Å²) in [5.41, 5.74) is 9.18. The van der Waals surface area contributed by atoms with Crippen LogP contribution in [-0.4, -0.2) is 17.5 Å². The molecule has 4 aromatic rings. The summed E-state index contributed by atoms with van der Waals surface area (Å²) < 4.78 is 16.0. The van der Waals surface area contributed by atoms with E-state index in [2.05, 4.69) is 17.5 Å². The highest BCUT2D eigenvalue weighted by molar-refractivity contribution is 7.00. The summed E-state index contributed by atoms with van der Waals surface area (Å²) in [6.45, 7) is 0. The summed E-state index contributed by atoms with van der Waals surface area (Å²) in [5, 5.41) is 0.478. The number of hydrogen-bond acceptors (Lipinski definition) is 7. The van der Waals surface area contributed by atoms with E-state index in [4.69, 9.17) is 17.3 Å². The number of anilines is 1. The van der Waals surface area contributed by atoms with Crippen molar-refractivity contribution in [2.45, 2.75) is 0 Å². The minimum Gasteiger partial charge on any atom is -0.381 e.